The number of aromatic nitrogens is 1. The number of aromatic hydroxyl groups is 1. The summed E-state index contributed by atoms with van der Waals surface area (Å²) in [6, 6.07) is 3.72. The minimum atomic E-state index is -0.723. The molecular formula is C9H5ClFNO2. The molecule has 0 amide bonds. The van der Waals surface area contributed by atoms with Crippen LogP contribution in [0.4, 0.5) is 4.39 Å². The molecule has 2 rings (SSSR count). The Balaban J connectivity index is 2.96. The molecule has 0 fully saturated rings. The first-order valence-electron chi connectivity index (χ1n) is 3.79. The van der Waals surface area contributed by atoms with E-state index in [0.717, 1.165) is 6.07 Å². The molecular weight excluding hydrogens is 209 g/mol. The van der Waals surface area contributed by atoms with Crippen molar-refractivity contribution in [1.82, 2.24) is 4.98 Å². The number of nitrogens with one attached hydrogen (secondary N) is 1. The van der Waals surface area contributed by atoms with Gasteiger partial charge in [-0.2, -0.15) is 0 Å². The molecule has 0 bridgehead atoms. The Hall–Kier alpha value is -1.55. The zero-order valence-electron chi connectivity index (χ0n) is 6.84. The fraction of sp³-hybridized carbons (Fsp3) is 0. The van der Waals surface area contributed by atoms with Gasteiger partial charge in [-0.1, -0.05) is 11.6 Å². The first kappa shape index (κ1) is 9.02. The zero-order chi connectivity index (χ0) is 10.3. The van der Waals surface area contributed by atoms with Crippen molar-refractivity contribution in [1.29, 1.82) is 0 Å². The van der Waals surface area contributed by atoms with Gasteiger partial charge in [0.15, 0.2) is 5.75 Å². The Morgan fingerprint density at radius 2 is 2.07 bits per heavy atom. The minimum absolute atomic E-state index is 0.0391. The van der Waals surface area contributed by atoms with Crippen molar-refractivity contribution >= 4 is 22.5 Å². The highest BCUT2D eigenvalue weighted by Crippen LogP contribution is 2.21. The largest absolute Gasteiger partial charge is 0.503 e. The second-order valence-corrected chi connectivity index (χ2v) is 3.27. The molecule has 0 aliphatic heterocycles. The van der Waals surface area contributed by atoms with Gasteiger partial charge in [-0.05, 0) is 18.2 Å². The predicted octanol–water partition coefficient (Wildman–Crippen LogP) is 2.03. The lowest BCUT2D eigenvalue weighted by atomic mass is 10.2. The van der Waals surface area contributed by atoms with E-state index in [2.05, 4.69) is 4.98 Å². The van der Waals surface area contributed by atoms with Gasteiger partial charge in [-0.15, -0.1) is 0 Å². The third-order valence-electron chi connectivity index (χ3n) is 1.85. The molecule has 1 heterocycles. The van der Waals surface area contributed by atoms with Gasteiger partial charge in [-0.25, -0.2) is 4.39 Å². The lowest BCUT2D eigenvalue weighted by Crippen LogP contribution is -2.05. The smallest absolute Gasteiger partial charge is 0.290 e. The second-order valence-electron chi connectivity index (χ2n) is 2.84. The van der Waals surface area contributed by atoms with Gasteiger partial charge in [0.05, 0.1) is 5.52 Å². The fourth-order valence-electron chi connectivity index (χ4n) is 1.23. The van der Waals surface area contributed by atoms with Gasteiger partial charge < -0.3 is 10.1 Å². The SMILES string of the molecule is O=c1[nH]c2c(F)cc(Cl)cc2cc1O. The van der Waals surface area contributed by atoms with Crippen LogP contribution in [0.15, 0.2) is 23.0 Å². The molecule has 1 aromatic heterocycles. The molecule has 3 nitrogen and oxygen atoms in total. The maximum absolute atomic E-state index is 13.2. The lowest BCUT2D eigenvalue weighted by molar-refractivity contribution is 0.468. The van der Waals surface area contributed by atoms with Gasteiger partial charge >= 0.3 is 0 Å². The van der Waals surface area contributed by atoms with E-state index in [-0.39, 0.29) is 10.5 Å². The summed E-state index contributed by atoms with van der Waals surface area (Å²) < 4.78 is 13.2. The van der Waals surface area contributed by atoms with E-state index >= 15 is 0 Å². The summed E-state index contributed by atoms with van der Waals surface area (Å²) in [5.74, 6) is -1.08. The van der Waals surface area contributed by atoms with Crippen LogP contribution in [0.1, 0.15) is 0 Å². The Labute approximate surface area is 82.8 Å². The van der Waals surface area contributed by atoms with E-state index in [1.807, 2.05) is 0 Å². The summed E-state index contributed by atoms with van der Waals surface area (Å²) in [7, 11) is 0. The molecule has 1 aromatic carbocycles. The van der Waals surface area contributed by atoms with Crippen molar-refractivity contribution in [3.8, 4) is 5.75 Å². The van der Waals surface area contributed by atoms with Crippen molar-refractivity contribution in [2.45, 2.75) is 0 Å². The Morgan fingerprint density at radius 3 is 2.79 bits per heavy atom. The molecule has 0 unspecified atom stereocenters. The van der Waals surface area contributed by atoms with Crippen LogP contribution in [0.25, 0.3) is 10.9 Å². The van der Waals surface area contributed by atoms with Crippen LogP contribution >= 0.6 is 11.6 Å². The van der Waals surface area contributed by atoms with Crippen LogP contribution in [0.3, 0.4) is 0 Å². The second kappa shape index (κ2) is 2.99. The van der Waals surface area contributed by atoms with Crippen LogP contribution in [-0.4, -0.2) is 10.1 Å². The number of pyridine rings is 1. The number of halogens is 2. The van der Waals surface area contributed by atoms with Gasteiger partial charge in [0.25, 0.3) is 5.56 Å². The Morgan fingerprint density at radius 1 is 1.36 bits per heavy atom. The number of rotatable bonds is 0. The highest BCUT2D eigenvalue weighted by Gasteiger charge is 2.06. The van der Waals surface area contributed by atoms with E-state index in [9.17, 15) is 9.18 Å². The van der Waals surface area contributed by atoms with Gasteiger partial charge in [0, 0.05) is 10.4 Å². The van der Waals surface area contributed by atoms with E-state index in [1.165, 1.54) is 12.1 Å². The van der Waals surface area contributed by atoms with Crippen LogP contribution in [0, 0.1) is 5.82 Å². The van der Waals surface area contributed by atoms with E-state index in [4.69, 9.17) is 16.7 Å². The first-order valence-corrected chi connectivity index (χ1v) is 4.17. The summed E-state index contributed by atoms with van der Waals surface area (Å²) in [6.07, 6.45) is 0. The predicted molar refractivity (Wildman–Crippen MR) is 51.2 cm³/mol. The topological polar surface area (TPSA) is 53.1 Å². The zero-order valence-corrected chi connectivity index (χ0v) is 7.60. The molecule has 0 saturated carbocycles. The number of aromatic amines is 1. The van der Waals surface area contributed by atoms with E-state index in [1.54, 1.807) is 0 Å². The number of fused-ring (bicyclic) bond motifs is 1. The van der Waals surface area contributed by atoms with Crippen molar-refractivity contribution in [3.05, 3.63) is 39.4 Å². The highest BCUT2D eigenvalue weighted by molar-refractivity contribution is 6.31. The van der Waals surface area contributed by atoms with Crippen LogP contribution in [0.5, 0.6) is 5.75 Å². The molecule has 2 N–H and O–H groups in total. The number of hydrogen-bond acceptors (Lipinski definition) is 2. The summed E-state index contributed by atoms with van der Waals surface area (Å²) in [5.41, 5.74) is -0.684. The van der Waals surface area contributed by atoms with Gasteiger partial charge in [0.1, 0.15) is 5.82 Å². The quantitative estimate of drug-likeness (QED) is 0.704. The third kappa shape index (κ3) is 1.33. The highest BCUT2D eigenvalue weighted by atomic mass is 35.5. The fourth-order valence-corrected chi connectivity index (χ4v) is 1.44. The third-order valence-corrected chi connectivity index (χ3v) is 2.07. The summed E-state index contributed by atoms with van der Waals surface area (Å²) in [4.78, 5) is 13.2. The normalized spacial score (nSPS) is 10.7. The molecule has 0 aliphatic rings. The van der Waals surface area contributed by atoms with Gasteiger partial charge in [-0.3, -0.25) is 4.79 Å². The van der Waals surface area contributed by atoms with Crippen LogP contribution < -0.4 is 5.56 Å². The molecule has 0 saturated heterocycles. The number of benzene rings is 1. The maximum Gasteiger partial charge on any atom is 0.290 e. The molecule has 14 heavy (non-hydrogen) atoms. The molecule has 5 heteroatoms. The van der Waals surface area contributed by atoms with Crippen LogP contribution in [-0.2, 0) is 0 Å². The Bertz CT molecular complexity index is 564. The molecule has 0 aliphatic carbocycles. The van der Waals surface area contributed by atoms with Crippen molar-refractivity contribution in [2.24, 2.45) is 0 Å². The summed E-state index contributed by atoms with van der Waals surface area (Å²) in [6.45, 7) is 0. The number of H-pyrrole nitrogens is 1. The molecule has 0 radical (unpaired) electrons. The van der Waals surface area contributed by atoms with Gasteiger partial charge in [0.2, 0.25) is 0 Å². The summed E-state index contributed by atoms with van der Waals surface area (Å²) in [5, 5.41) is 9.65. The maximum atomic E-state index is 13.2. The van der Waals surface area contributed by atoms with Crippen molar-refractivity contribution in [3.63, 3.8) is 0 Å². The molecule has 0 atom stereocenters. The first-order chi connectivity index (χ1) is 6.58. The average Bonchev–Trinajstić information content (AvgIpc) is 2.08. The van der Waals surface area contributed by atoms with Crippen molar-refractivity contribution < 1.29 is 9.50 Å². The standard InChI is InChI=1S/C9H5ClFNO2/c10-5-1-4-2-7(13)9(14)12-8(4)6(11)3-5/h1-3,13H,(H,12,14). The summed E-state index contributed by atoms with van der Waals surface area (Å²) >= 11 is 5.60. The lowest BCUT2D eigenvalue weighted by Gasteiger charge is -2.00. The Kier molecular flexibility index (Phi) is 1.93. The van der Waals surface area contributed by atoms with Crippen molar-refractivity contribution in [2.75, 3.05) is 0 Å². The van der Waals surface area contributed by atoms with Crippen LogP contribution in [0.2, 0.25) is 5.02 Å². The number of hydrogen-bond donors (Lipinski definition) is 2. The molecule has 2 aromatic rings. The molecule has 72 valence electrons. The minimum Gasteiger partial charge on any atom is -0.503 e. The average molecular weight is 214 g/mol. The monoisotopic (exact) mass is 213 g/mol. The van der Waals surface area contributed by atoms with E-state index < -0.39 is 17.1 Å². The molecule has 0 spiro atoms. The van der Waals surface area contributed by atoms with E-state index in [0.29, 0.717) is 5.39 Å².